The summed E-state index contributed by atoms with van der Waals surface area (Å²) in [5.74, 6) is 0.713. The van der Waals surface area contributed by atoms with E-state index in [4.69, 9.17) is 11.6 Å². The molecule has 7 heteroatoms. The van der Waals surface area contributed by atoms with Crippen molar-refractivity contribution in [3.8, 4) is 0 Å². The first-order chi connectivity index (χ1) is 12.3. The molecular formula is C18H15ClN4S2. The van der Waals surface area contributed by atoms with E-state index in [1.54, 1.807) is 35.6 Å². The molecule has 0 spiro atoms. The van der Waals surface area contributed by atoms with Gasteiger partial charge in [-0.05, 0) is 30.0 Å². The number of hydrogen-bond acceptors (Lipinski definition) is 5. The van der Waals surface area contributed by atoms with Crippen LogP contribution in [0.15, 0.2) is 59.5 Å². The number of hydrogen-bond donors (Lipinski definition) is 0. The molecule has 0 N–H and O–H groups in total. The number of fused-ring (bicyclic) bond motifs is 1. The molecule has 0 aliphatic rings. The SMILES string of the molecule is Clc1ccc2cccnc2c1CSc1nncn1CCc1cccs1. The molecule has 4 nitrogen and oxygen atoms in total. The molecule has 0 saturated heterocycles. The Balaban J connectivity index is 1.51. The maximum atomic E-state index is 6.42. The summed E-state index contributed by atoms with van der Waals surface area (Å²) in [6.07, 6.45) is 4.58. The topological polar surface area (TPSA) is 43.6 Å². The fourth-order valence-electron chi connectivity index (χ4n) is 2.65. The number of thiophene rings is 1. The van der Waals surface area contributed by atoms with E-state index in [9.17, 15) is 0 Å². The average molecular weight is 387 g/mol. The van der Waals surface area contributed by atoms with Gasteiger partial charge in [0.25, 0.3) is 0 Å². The van der Waals surface area contributed by atoms with E-state index in [0.717, 1.165) is 39.6 Å². The number of aryl methyl sites for hydroxylation is 2. The minimum atomic E-state index is 0.713. The Kier molecular flexibility index (Phi) is 5.01. The molecule has 0 bridgehead atoms. The second-order valence-electron chi connectivity index (χ2n) is 5.53. The summed E-state index contributed by atoms with van der Waals surface area (Å²) >= 11 is 9.84. The number of rotatable bonds is 6. The summed E-state index contributed by atoms with van der Waals surface area (Å²) in [6, 6.07) is 12.2. The number of thioether (sulfide) groups is 1. The minimum Gasteiger partial charge on any atom is -0.308 e. The summed E-state index contributed by atoms with van der Waals surface area (Å²) in [7, 11) is 0. The molecule has 0 atom stereocenters. The van der Waals surface area contributed by atoms with E-state index in [0.29, 0.717) is 5.75 Å². The van der Waals surface area contributed by atoms with Crippen LogP contribution in [-0.4, -0.2) is 19.7 Å². The Labute approximate surface area is 158 Å². The number of pyridine rings is 1. The molecule has 0 aliphatic heterocycles. The van der Waals surface area contributed by atoms with E-state index in [-0.39, 0.29) is 0 Å². The summed E-state index contributed by atoms with van der Waals surface area (Å²) in [4.78, 5) is 5.86. The molecule has 0 aliphatic carbocycles. The van der Waals surface area contributed by atoms with Gasteiger partial charge >= 0.3 is 0 Å². The largest absolute Gasteiger partial charge is 0.308 e. The maximum absolute atomic E-state index is 6.42. The highest BCUT2D eigenvalue weighted by Crippen LogP contribution is 2.30. The zero-order valence-electron chi connectivity index (χ0n) is 13.3. The van der Waals surface area contributed by atoms with Crippen molar-refractivity contribution < 1.29 is 0 Å². The van der Waals surface area contributed by atoms with E-state index >= 15 is 0 Å². The van der Waals surface area contributed by atoms with Gasteiger partial charge in [-0.15, -0.1) is 21.5 Å². The lowest BCUT2D eigenvalue weighted by Gasteiger charge is -2.09. The fraction of sp³-hybridized carbons (Fsp3) is 0.167. The maximum Gasteiger partial charge on any atom is 0.191 e. The molecule has 3 heterocycles. The van der Waals surface area contributed by atoms with Crippen molar-refractivity contribution in [2.24, 2.45) is 0 Å². The highest BCUT2D eigenvalue weighted by molar-refractivity contribution is 7.98. The lowest BCUT2D eigenvalue weighted by molar-refractivity contribution is 0.637. The van der Waals surface area contributed by atoms with Gasteiger partial charge in [0, 0.05) is 39.3 Å². The van der Waals surface area contributed by atoms with Gasteiger partial charge in [0.05, 0.1) is 5.52 Å². The molecule has 3 aromatic heterocycles. The van der Waals surface area contributed by atoms with Crippen molar-refractivity contribution in [2.75, 3.05) is 0 Å². The van der Waals surface area contributed by atoms with Crippen LogP contribution in [0.2, 0.25) is 5.02 Å². The Morgan fingerprint density at radius 3 is 3.00 bits per heavy atom. The molecule has 25 heavy (non-hydrogen) atoms. The van der Waals surface area contributed by atoms with Gasteiger partial charge in [-0.3, -0.25) is 4.98 Å². The van der Waals surface area contributed by atoms with Gasteiger partial charge < -0.3 is 4.57 Å². The van der Waals surface area contributed by atoms with Crippen LogP contribution in [0.3, 0.4) is 0 Å². The van der Waals surface area contributed by atoms with Crippen LogP contribution in [0.25, 0.3) is 10.9 Å². The van der Waals surface area contributed by atoms with Gasteiger partial charge in [0.2, 0.25) is 0 Å². The highest BCUT2D eigenvalue weighted by atomic mass is 35.5. The molecular weight excluding hydrogens is 372 g/mol. The molecule has 126 valence electrons. The Morgan fingerprint density at radius 2 is 2.12 bits per heavy atom. The third-order valence-electron chi connectivity index (χ3n) is 3.93. The first kappa shape index (κ1) is 16.6. The molecule has 4 rings (SSSR count). The number of benzene rings is 1. The van der Waals surface area contributed by atoms with E-state index < -0.39 is 0 Å². The van der Waals surface area contributed by atoms with Gasteiger partial charge in [-0.1, -0.05) is 41.6 Å². The van der Waals surface area contributed by atoms with Crippen molar-refractivity contribution in [3.63, 3.8) is 0 Å². The van der Waals surface area contributed by atoms with Crippen LogP contribution >= 0.6 is 34.7 Å². The van der Waals surface area contributed by atoms with Gasteiger partial charge in [-0.25, -0.2) is 0 Å². The molecule has 0 fully saturated rings. The van der Waals surface area contributed by atoms with Crippen molar-refractivity contribution in [1.82, 2.24) is 19.7 Å². The lowest BCUT2D eigenvalue weighted by Crippen LogP contribution is -2.01. The van der Waals surface area contributed by atoms with Crippen LogP contribution in [0.5, 0.6) is 0 Å². The van der Waals surface area contributed by atoms with Crippen molar-refractivity contribution in [3.05, 3.63) is 69.8 Å². The van der Waals surface area contributed by atoms with E-state index in [1.165, 1.54) is 4.88 Å². The predicted molar refractivity (Wildman–Crippen MR) is 104 cm³/mol. The zero-order valence-corrected chi connectivity index (χ0v) is 15.7. The second kappa shape index (κ2) is 7.56. The Hall–Kier alpha value is -1.89. The zero-order chi connectivity index (χ0) is 17.1. The smallest absolute Gasteiger partial charge is 0.191 e. The average Bonchev–Trinajstić information content (AvgIpc) is 3.30. The Morgan fingerprint density at radius 1 is 1.16 bits per heavy atom. The third kappa shape index (κ3) is 3.71. The lowest BCUT2D eigenvalue weighted by atomic mass is 10.1. The van der Waals surface area contributed by atoms with Crippen LogP contribution in [-0.2, 0) is 18.7 Å². The summed E-state index contributed by atoms with van der Waals surface area (Å²) in [5, 5.41) is 13.2. The molecule has 0 unspecified atom stereocenters. The van der Waals surface area contributed by atoms with Crippen LogP contribution < -0.4 is 0 Å². The molecule has 0 amide bonds. The van der Waals surface area contributed by atoms with Crippen molar-refractivity contribution in [1.29, 1.82) is 0 Å². The molecule has 0 radical (unpaired) electrons. The molecule has 4 aromatic rings. The van der Waals surface area contributed by atoms with E-state index in [2.05, 4.69) is 43.3 Å². The minimum absolute atomic E-state index is 0.713. The van der Waals surface area contributed by atoms with Crippen molar-refractivity contribution >= 4 is 45.6 Å². The van der Waals surface area contributed by atoms with Crippen LogP contribution in [0, 0.1) is 0 Å². The van der Waals surface area contributed by atoms with Gasteiger partial charge in [0.15, 0.2) is 5.16 Å². The van der Waals surface area contributed by atoms with Gasteiger partial charge in [0.1, 0.15) is 6.33 Å². The third-order valence-corrected chi connectivity index (χ3v) is 6.22. The first-order valence-corrected chi connectivity index (χ1v) is 10.1. The standard InChI is InChI=1S/C18H15ClN4S2/c19-16-6-5-13-3-1-8-20-17(13)15(16)11-25-18-22-21-12-23(18)9-7-14-4-2-10-24-14/h1-6,8,10,12H,7,9,11H2. The normalized spacial score (nSPS) is 11.2. The first-order valence-electron chi connectivity index (χ1n) is 7.86. The van der Waals surface area contributed by atoms with Gasteiger partial charge in [-0.2, -0.15) is 0 Å². The molecule has 0 saturated carbocycles. The number of halogens is 1. The van der Waals surface area contributed by atoms with Crippen molar-refractivity contribution in [2.45, 2.75) is 23.9 Å². The highest BCUT2D eigenvalue weighted by Gasteiger charge is 2.11. The molecule has 1 aromatic carbocycles. The summed E-state index contributed by atoms with van der Waals surface area (Å²) in [5.41, 5.74) is 1.99. The van der Waals surface area contributed by atoms with E-state index in [1.807, 2.05) is 18.2 Å². The number of aromatic nitrogens is 4. The fourth-order valence-corrected chi connectivity index (χ4v) is 4.62. The monoisotopic (exact) mass is 386 g/mol. The second-order valence-corrected chi connectivity index (χ2v) is 7.91. The van der Waals surface area contributed by atoms with Crippen LogP contribution in [0.1, 0.15) is 10.4 Å². The quantitative estimate of drug-likeness (QED) is 0.433. The Bertz CT molecular complexity index is 982. The summed E-state index contributed by atoms with van der Waals surface area (Å²) < 4.78 is 2.09. The summed E-state index contributed by atoms with van der Waals surface area (Å²) in [6.45, 7) is 0.872. The van der Waals surface area contributed by atoms with Crippen LogP contribution in [0.4, 0.5) is 0 Å². The predicted octanol–water partition coefficient (Wildman–Crippen LogP) is 5.08. The number of nitrogens with zero attached hydrogens (tertiary/aromatic N) is 4.